The minimum atomic E-state index is 0.784. The van der Waals surface area contributed by atoms with Gasteiger partial charge in [-0.05, 0) is 6.92 Å². The second-order valence-electron chi connectivity index (χ2n) is 5.01. The summed E-state index contributed by atoms with van der Waals surface area (Å²) in [5.74, 6) is 0. The van der Waals surface area contributed by atoms with Gasteiger partial charge in [0.25, 0.3) is 0 Å². The van der Waals surface area contributed by atoms with Gasteiger partial charge in [0, 0.05) is 42.8 Å². The van der Waals surface area contributed by atoms with Gasteiger partial charge in [0.15, 0.2) is 0 Å². The van der Waals surface area contributed by atoms with E-state index in [-0.39, 0.29) is 0 Å². The molecule has 0 aliphatic rings. The largest absolute Gasteiger partial charge is 0.306 e. The molecule has 2 heterocycles. The number of aromatic nitrogens is 3. The molecule has 0 fully saturated rings. The molecule has 1 aromatic carbocycles. The number of aryl methyl sites for hydroxylation is 2. The van der Waals surface area contributed by atoms with Crippen LogP contribution in [-0.2, 0) is 20.1 Å². The minimum absolute atomic E-state index is 0.784. The van der Waals surface area contributed by atoms with Crippen LogP contribution in [0.5, 0.6) is 0 Å². The molecule has 3 aromatic rings. The number of hydrogen-bond donors (Lipinski definition) is 1. The molecule has 2 aromatic heterocycles. The van der Waals surface area contributed by atoms with Crippen molar-refractivity contribution in [1.29, 1.82) is 0 Å². The van der Waals surface area contributed by atoms with Crippen LogP contribution >= 0.6 is 11.3 Å². The fourth-order valence-electron chi connectivity index (χ4n) is 2.26. The molecule has 0 saturated heterocycles. The summed E-state index contributed by atoms with van der Waals surface area (Å²) in [7, 11) is 1.95. The first-order chi connectivity index (χ1) is 10.2. The van der Waals surface area contributed by atoms with Crippen LogP contribution in [0.2, 0.25) is 0 Å². The van der Waals surface area contributed by atoms with E-state index in [1.54, 1.807) is 11.3 Å². The van der Waals surface area contributed by atoms with Crippen molar-refractivity contribution in [3.05, 3.63) is 58.2 Å². The van der Waals surface area contributed by atoms with Crippen molar-refractivity contribution in [2.75, 3.05) is 0 Å². The van der Waals surface area contributed by atoms with Crippen LogP contribution in [0.4, 0.5) is 0 Å². The Morgan fingerprint density at radius 3 is 2.71 bits per heavy atom. The molecule has 0 spiro atoms. The number of nitrogens with one attached hydrogen (secondary N) is 1. The molecule has 0 saturated carbocycles. The van der Waals surface area contributed by atoms with Crippen LogP contribution in [0.3, 0.4) is 0 Å². The molecule has 21 heavy (non-hydrogen) atoms. The van der Waals surface area contributed by atoms with Gasteiger partial charge in [-0.3, -0.25) is 4.68 Å². The molecular weight excluding hydrogens is 280 g/mol. The monoisotopic (exact) mass is 298 g/mol. The van der Waals surface area contributed by atoms with Crippen LogP contribution in [-0.4, -0.2) is 14.8 Å². The van der Waals surface area contributed by atoms with Crippen molar-refractivity contribution >= 4 is 11.3 Å². The normalized spacial score (nSPS) is 11.0. The Balaban J connectivity index is 1.59. The van der Waals surface area contributed by atoms with Gasteiger partial charge < -0.3 is 5.32 Å². The van der Waals surface area contributed by atoms with Gasteiger partial charge in [-0.1, -0.05) is 30.3 Å². The van der Waals surface area contributed by atoms with Gasteiger partial charge in [-0.25, -0.2) is 4.98 Å². The highest BCUT2D eigenvalue weighted by molar-refractivity contribution is 7.09. The molecule has 5 heteroatoms. The number of benzene rings is 1. The molecule has 0 atom stereocenters. The number of rotatable bonds is 5. The van der Waals surface area contributed by atoms with Crippen molar-refractivity contribution in [1.82, 2.24) is 20.1 Å². The van der Waals surface area contributed by atoms with Gasteiger partial charge in [0.1, 0.15) is 5.01 Å². The van der Waals surface area contributed by atoms with Gasteiger partial charge in [-0.15, -0.1) is 11.3 Å². The maximum absolute atomic E-state index is 4.67. The van der Waals surface area contributed by atoms with E-state index in [0.29, 0.717) is 0 Å². The molecule has 0 aliphatic heterocycles. The molecule has 0 unspecified atom stereocenters. The lowest BCUT2D eigenvalue weighted by atomic mass is 10.2. The van der Waals surface area contributed by atoms with E-state index >= 15 is 0 Å². The maximum Gasteiger partial charge on any atom is 0.107 e. The zero-order chi connectivity index (χ0) is 14.7. The second kappa shape index (κ2) is 6.20. The Hall–Kier alpha value is -1.98. The average Bonchev–Trinajstić information content (AvgIpc) is 3.07. The lowest BCUT2D eigenvalue weighted by Crippen LogP contribution is -2.12. The smallest absolute Gasteiger partial charge is 0.107 e. The van der Waals surface area contributed by atoms with Crippen LogP contribution in [0.25, 0.3) is 11.3 Å². The highest BCUT2D eigenvalue weighted by Gasteiger charge is 2.05. The molecule has 3 rings (SSSR count). The number of hydrogen-bond acceptors (Lipinski definition) is 4. The molecule has 108 valence electrons. The molecule has 4 nitrogen and oxygen atoms in total. The third kappa shape index (κ3) is 3.37. The lowest BCUT2D eigenvalue weighted by molar-refractivity contribution is 0.687. The highest BCUT2D eigenvalue weighted by Crippen LogP contribution is 2.21. The van der Waals surface area contributed by atoms with E-state index in [9.17, 15) is 0 Å². The Kier molecular flexibility index (Phi) is 4.13. The summed E-state index contributed by atoms with van der Waals surface area (Å²) in [5.41, 5.74) is 4.53. The predicted octanol–water partition coefficient (Wildman–Crippen LogP) is 3.14. The van der Waals surface area contributed by atoms with Gasteiger partial charge in [0.2, 0.25) is 0 Å². The maximum atomic E-state index is 4.67. The summed E-state index contributed by atoms with van der Waals surface area (Å²) in [6, 6.07) is 10.3. The zero-order valence-electron chi connectivity index (χ0n) is 12.2. The van der Waals surface area contributed by atoms with Crippen LogP contribution in [0.15, 0.2) is 41.9 Å². The molecule has 0 amide bonds. The van der Waals surface area contributed by atoms with Crippen LogP contribution < -0.4 is 5.32 Å². The third-order valence-corrected chi connectivity index (χ3v) is 4.18. The van der Waals surface area contributed by atoms with E-state index < -0.39 is 0 Å². The summed E-state index contributed by atoms with van der Waals surface area (Å²) in [4.78, 5) is 4.67. The minimum Gasteiger partial charge on any atom is -0.306 e. The summed E-state index contributed by atoms with van der Waals surface area (Å²) >= 11 is 1.69. The Bertz CT molecular complexity index is 715. The van der Waals surface area contributed by atoms with E-state index in [4.69, 9.17) is 0 Å². The standard InChI is InChI=1S/C16H18N4S/c1-12-14(10-20(2)19-12)8-17-9-16-18-15(11-21-16)13-6-4-3-5-7-13/h3-7,10-11,17H,8-9H2,1-2H3. The molecule has 0 radical (unpaired) electrons. The lowest BCUT2D eigenvalue weighted by Gasteiger charge is -2.01. The predicted molar refractivity (Wildman–Crippen MR) is 86.0 cm³/mol. The third-order valence-electron chi connectivity index (χ3n) is 3.33. The number of thiazole rings is 1. The van der Waals surface area contributed by atoms with E-state index in [1.807, 2.05) is 36.9 Å². The number of nitrogens with zero attached hydrogens (tertiary/aromatic N) is 3. The SMILES string of the molecule is Cc1nn(C)cc1CNCc1nc(-c2ccccc2)cs1. The highest BCUT2D eigenvalue weighted by atomic mass is 32.1. The fourth-order valence-corrected chi connectivity index (χ4v) is 3.03. The summed E-state index contributed by atoms with van der Waals surface area (Å²) in [6.07, 6.45) is 2.06. The molecule has 0 bridgehead atoms. The second-order valence-corrected chi connectivity index (χ2v) is 5.95. The quantitative estimate of drug-likeness (QED) is 0.787. The van der Waals surface area contributed by atoms with Crippen molar-refractivity contribution in [2.45, 2.75) is 20.0 Å². The summed E-state index contributed by atoms with van der Waals surface area (Å²) in [6.45, 7) is 3.64. The summed E-state index contributed by atoms with van der Waals surface area (Å²) in [5, 5.41) is 11.0. The Morgan fingerprint density at radius 1 is 1.19 bits per heavy atom. The molecular formula is C16H18N4S. The first-order valence-electron chi connectivity index (χ1n) is 6.92. The van der Waals surface area contributed by atoms with Gasteiger partial charge in [-0.2, -0.15) is 5.10 Å². The first-order valence-corrected chi connectivity index (χ1v) is 7.80. The average molecular weight is 298 g/mol. The van der Waals surface area contributed by atoms with Crippen molar-refractivity contribution in [3.8, 4) is 11.3 Å². The van der Waals surface area contributed by atoms with Gasteiger partial charge >= 0.3 is 0 Å². The van der Waals surface area contributed by atoms with E-state index in [0.717, 1.165) is 29.5 Å². The van der Waals surface area contributed by atoms with Crippen molar-refractivity contribution < 1.29 is 0 Å². The van der Waals surface area contributed by atoms with E-state index in [1.165, 1.54) is 11.1 Å². The molecule has 1 N–H and O–H groups in total. The van der Waals surface area contributed by atoms with Gasteiger partial charge in [0.05, 0.1) is 11.4 Å². The fraction of sp³-hybridized carbons (Fsp3) is 0.250. The molecule has 0 aliphatic carbocycles. The Morgan fingerprint density at radius 2 is 2.00 bits per heavy atom. The first kappa shape index (κ1) is 14.0. The summed E-state index contributed by atoms with van der Waals surface area (Å²) < 4.78 is 1.85. The zero-order valence-corrected chi connectivity index (χ0v) is 13.0. The van der Waals surface area contributed by atoms with Crippen LogP contribution in [0, 0.1) is 6.92 Å². The topological polar surface area (TPSA) is 42.7 Å². The van der Waals surface area contributed by atoms with Crippen molar-refractivity contribution in [3.63, 3.8) is 0 Å². The van der Waals surface area contributed by atoms with E-state index in [2.05, 4.69) is 39.1 Å². The van der Waals surface area contributed by atoms with Crippen LogP contribution in [0.1, 0.15) is 16.3 Å². The Labute approximate surface area is 128 Å². The van der Waals surface area contributed by atoms with Crippen molar-refractivity contribution in [2.24, 2.45) is 7.05 Å².